The number of hydrogen-bond acceptors (Lipinski definition) is 4. The average molecular weight is 439 g/mol. The van der Waals surface area contributed by atoms with Gasteiger partial charge in [-0.2, -0.15) is 0 Å². The molecule has 6 nitrogen and oxygen atoms in total. The highest BCUT2D eigenvalue weighted by atomic mass is 79.9. The zero-order valence-corrected chi connectivity index (χ0v) is 17.2. The number of halogens is 1. The van der Waals surface area contributed by atoms with Gasteiger partial charge in [0.15, 0.2) is 0 Å². The minimum Gasteiger partial charge on any atom is -0.460 e. The molecular weight excluding hydrogens is 420 g/mol. The van der Waals surface area contributed by atoms with E-state index in [1.165, 1.54) is 5.56 Å². The summed E-state index contributed by atoms with van der Waals surface area (Å²) < 4.78 is 9.93. The van der Waals surface area contributed by atoms with Crippen LogP contribution in [0.4, 0.5) is 0 Å². The van der Waals surface area contributed by atoms with Crippen molar-refractivity contribution in [1.29, 1.82) is 0 Å². The summed E-state index contributed by atoms with van der Waals surface area (Å²) in [5.41, 5.74) is 3.22. The van der Waals surface area contributed by atoms with E-state index in [1.807, 2.05) is 31.2 Å². The van der Waals surface area contributed by atoms with Crippen molar-refractivity contribution in [2.45, 2.75) is 20.4 Å². The van der Waals surface area contributed by atoms with Crippen LogP contribution in [-0.2, 0) is 11.3 Å². The van der Waals surface area contributed by atoms with E-state index in [0.29, 0.717) is 12.4 Å². The van der Waals surface area contributed by atoms with Gasteiger partial charge in [0.25, 0.3) is 5.82 Å². The second-order valence-corrected chi connectivity index (χ2v) is 7.34. The molecule has 0 unspecified atom stereocenters. The van der Waals surface area contributed by atoms with Gasteiger partial charge in [0, 0.05) is 28.1 Å². The van der Waals surface area contributed by atoms with Crippen LogP contribution in [0, 0.1) is 6.92 Å². The number of nitrogens with zero attached hydrogens (tertiary/aromatic N) is 4. The highest BCUT2D eigenvalue weighted by Gasteiger charge is 2.16. The molecule has 0 aliphatic heterocycles. The summed E-state index contributed by atoms with van der Waals surface area (Å²) in [6.45, 7) is 4.67. The van der Waals surface area contributed by atoms with Crippen molar-refractivity contribution >= 4 is 32.8 Å². The molecule has 2 aromatic carbocycles. The number of rotatable bonds is 5. The van der Waals surface area contributed by atoms with Gasteiger partial charge < -0.3 is 9.30 Å². The van der Waals surface area contributed by atoms with E-state index in [1.54, 1.807) is 11.6 Å². The zero-order chi connectivity index (χ0) is 19.7. The maximum Gasteiger partial charge on any atom is 0.378 e. The topological polar surface area (TPSA) is 61.9 Å². The Morgan fingerprint density at radius 3 is 2.68 bits per heavy atom. The number of aromatic nitrogens is 4. The molecule has 0 aliphatic carbocycles. The predicted molar refractivity (Wildman–Crippen MR) is 111 cm³/mol. The molecule has 0 saturated heterocycles. The zero-order valence-electron chi connectivity index (χ0n) is 15.6. The Hall–Kier alpha value is -2.93. The van der Waals surface area contributed by atoms with Crippen LogP contribution in [0.25, 0.3) is 16.6 Å². The molecular formula is C21H19BrN4O2. The van der Waals surface area contributed by atoms with Gasteiger partial charge in [0.05, 0.1) is 12.3 Å². The number of carbonyl (C=O) groups is 1. The highest BCUT2D eigenvalue weighted by Crippen LogP contribution is 2.22. The second-order valence-electron chi connectivity index (χ2n) is 6.43. The molecule has 0 spiro atoms. The van der Waals surface area contributed by atoms with E-state index in [-0.39, 0.29) is 5.82 Å². The maximum atomic E-state index is 11.9. The Morgan fingerprint density at radius 1 is 1.14 bits per heavy atom. The molecule has 0 saturated carbocycles. The third-order valence-corrected chi connectivity index (χ3v) is 5.02. The largest absolute Gasteiger partial charge is 0.460 e. The fourth-order valence-electron chi connectivity index (χ4n) is 3.16. The van der Waals surface area contributed by atoms with Crippen LogP contribution in [0.2, 0.25) is 0 Å². The molecule has 0 bridgehead atoms. The summed E-state index contributed by atoms with van der Waals surface area (Å²) >= 11 is 3.47. The van der Waals surface area contributed by atoms with Gasteiger partial charge in [-0.05, 0) is 55.8 Å². The lowest BCUT2D eigenvalue weighted by Crippen LogP contribution is -2.07. The van der Waals surface area contributed by atoms with Gasteiger partial charge in [0.1, 0.15) is 5.82 Å². The normalized spacial score (nSPS) is 11.1. The minimum absolute atomic E-state index is 0.0762. The molecule has 142 valence electrons. The van der Waals surface area contributed by atoms with Crippen LogP contribution < -0.4 is 0 Å². The Labute approximate surface area is 170 Å². The first-order valence-corrected chi connectivity index (χ1v) is 9.79. The fraction of sp³-hybridized carbons (Fsp3) is 0.190. The third kappa shape index (κ3) is 3.57. The average Bonchev–Trinajstić information content (AvgIpc) is 3.27. The molecule has 28 heavy (non-hydrogen) atoms. The van der Waals surface area contributed by atoms with Crippen LogP contribution in [0.3, 0.4) is 0 Å². The summed E-state index contributed by atoms with van der Waals surface area (Å²) in [4.78, 5) is 16.1. The number of fused-ring (bicyclic) bond motifs is 1. The highest BCUT2D eigenvalue weighted by molar-refractivity contribution is 9.10. The molecule has 0 fully saturated rings. The molecule has 2 aromatic heterocycles. The maximum absolute atomic E-state index is 11.9. The van der Waals surface area contributed by atoms with Crippen LogP contribution in [-0.4, -0.2) is 31.9 Å². The number of carbonyl (C=O) groups excluding carboxylic acids is 1. The monoisotopic (exact) mass is 438 g/mol. The summed E-state index contributed by atoms with van der Waals surface area (Å²) in [7, 11) is 0. The second kappa shape index (κ2) is 7.59. The fourth-order valence-corrected chi connectivity index (χ4v) is 3.42. The molecule has 0 atom stereocenters. The van der Waals surface area contributed by atoms with Crippen LogP contribution in [0.5, 0.6) is 0 Å². The van der Waals surface area contributed by atoms with Crippen molar-refractivity contribution < 1.29 is 9.53 Å². The van der Waals surface area contributed by atoms with Crippen LogP contribution in [0.1, 0.15) is 28.9 Å². The van der Waals surface area contributed by atoms with Crippen molar-refractivity contribution in [3.63, 3.8) is 0 Å². The van der Waals surface area contributed by atoms with Gasteiger partial charge >= 0.3 is 5.97 Å². The first kappa shape index (κ1) is 18.4. The first-order valence-electron chi connectivity index (χ1n) is 8.99. The number of ether oxygens (including phenoxy) is 1. The van der Waals surface area contributed by atoms with E-state index in [2.05, 4.69) is 61.0 Å². The Kier molecular flexibility index (Phi) is 5.00. The molecule has 0 radical (unpaired) electrons. The molecule has 4 aromatic rings. The summed E-state index contributed by atoms with van der Waals surface area (Å²) in [5.74, 6) is 0.204. The lowest BCUT2D eigenvalue weighted by atomic mass is 10.2. The molecule has 0 aliphatic rings. The van der Waals surface area contributed by atoms with Crippen molar-refractivity contribution in [3.8, 4) is 5.69 Å². The van der Waals surface area contributed by atoms with Crippen LogP contribution >= 0.6 is 15.9 Å². The first-order chi connectivity index (χ1) is 13.5. The lowest BCUT2D eigenvalue weighted by Gasteiger charge is -2.07. The van der Waals surface area contributed by atoms with Crippen molar-refractivity contribution in [3.05, 3.63) is 76.4 Å². The Morgan fingerprint density at radius 2 is 1.93 bits per heavy atom. The number of aryl methyl sites for hydroxylation is 1. The summed E-state index contributed by atoms with van der Waals surface area (Å²) in [6.07, 6.45) is 2.08. The van der Waals surface area contributed by atoms with Gasteiger partial charge in [-0.1, -0.05) is 28.1 Å². The quantitative estimate of drug-likeness (QED) is 0.429. The van der Waals surface area contributed by atoms with Gasteiger partial charge in [-0.15, -0.1) is 5.10 Å². The Balaban J connectivity index is 1.64. The number of esters is 1. The standard InChI is InChI=1S/C21H19BrN4O2/c1-3-28-21(27)20-23-14(2)26(24-20)18-8-9-19-16(12-18)10-11-25(19)13-15-4-6-17(22)7-5-15/h4-12H,3,13H2,1-2H3. The number of benzene rings is 2. The molecule has 0 amide bonds. The van der Waals surface area contributed by atoms with Crippen LogP contribution in [0.15, 0.2) is 59.2 Å². The smallest absolute Gasteiger partial charge is 0.378 e. The number of hydrogen-bond donors (Lipinski definition) is 0. The van der Waals surface area contributed by atoms with E-state index in [4.69, 9.17) is 4.74 Å². The third-order valence-electron chi connectivity index (χ3n) is 4.49. The Bertz CT molecular complexity index is 1150. The molecule has 2 heterocycles. The van der Waals surface area contributed by atoms with Gasteiger partial charge in [-0.25, -0.2) is 14.5 Å². The van der Waals surface area contributed by atoms with E-state index < -0.39 is 5.97 Å². The SMILES string of the molecule is CCOC(=O)c1nc(C)n(-c2ccc3c(ccn3Cc3ccc(Br)cc3)c2)n1. The van der Waals surface area contributed by atoms with Gasteiger partial charge in [0.2, 0.25) is 0 Å². The molecule has 0 N–H and O–H groups in total. The van der Waals surface area contributed by atoms with E-state index in [0.717, 1.165) is 27.6 Å². The van der Waals surface area contributed by atoms with E-state index >= 15 is 0 Å². The van der Waals surface area contributed by atoms with Gasteiger partial charge in [-0.3, -0.25) is 0 Å². The van der Waals surface area contributed by atoms with Crippen molar-refractivity contribution in [2.75, 3.05) is 6.61 Å². The molecule has 4 rings (SSSR count). The molecule has 7 heteroatoms. The predicted octanol–water partition coefficient (Wildman–Crippen LogP) is 4.52. The van der Waals surface area contributed by atoms with Crippen molar-refractivity contribution in [2.24, 2.45) is 0 Å². The lowest BCUT2D eigenvalue weighted by molar-refractivity contribution is 0.0512. The minimum atomic E-state index is -0.508. The summed E-state index contributed by atoms with van der Waals surface area (Å²) in [6, 6.07) is 16.5. The van der Waals surface area contributed by atoms with Crippen molar-refractivity contribution in [1.82, 2.24) is 19.3 Å². The van der Waals surface area contributed by atoms with E-state index in [9.17, 15) is 4.79 Å². The summed E-state index contributed by atoms with van der Waals surface area (Å²) in [5, 5.41) is 5.41.